The van der Waals surface area contributed by atoms with Crippen LogP contribution in [0, 0.1) is 0 Å². The van der Waals surface area contributed by atoms with Crippen LogP contribution < -0.4 is 10.2 Å². The van der Waals surface area contributed by atoms with Crippen molar-refractivity contribution in [2.24, 2.45) is 0 Å². The Balaban J connectivity index is 1.43. The smallest absolute Gasteiger partial charge is 0.287 e. The molecule has 3 heterocycles. The second-order valence-electron chi connectivity index (χ2n) is 6.04. The molecule has 5 heteroatoms. The van der Waals surface area contributed by atoms with Gasteiger partial charge in [-0.1, -0.05) is 24.3 Å². The Kier molecular flexibility index (Phi) is 3.91. The highest BCUT2D eigenvalue weighted by molar-refractivity contribution is 5.96. The molecule has 122 valence electrons. The molecule has 0 aliphatic carbocycles. The molecule has 1 N–H and O–H groups in total. The monoisotopic (exact) mass is 321 g/mol. The zero-order chi connectivity index (χ0) is 16.4. The van der Waals surface area contributed by atoms with Gasteiger partial charge in [0.1, 0.15) is 11.4 Å². The summed E-state index contributed by atoms with van der Waals surface area (Å²) in [5, 5.41) is 3.94. The number of nitrogens with one attached hydrogen (secondary N) is 1. The van der Waals surface area contributed by atoms with Crippen LogP contribution >= 0.6 is 0 Å². The third kappa shape index (κ3) is 2.85. The zero-order valence-electron chi connectivity index (χ0n) is 13.3. The predicted octanol–water partition coefficient (Wildman–Crippen LogP) is 3.23. The van der Waals surface area contributed by atoms with E-state index < -0.39 is 0 Å². The van der Waals surface area contributed by atoms with Crippen LogP contribution in [0.4, 0.5) is 5.82 Å². The van der Waals surface area contributed by atoms with Crippen molar-refractivity contribution in [3.05, 3.63) is 60.5 Å². The summed E-state index contributed by atoms with van der Waals surface area (Å²) in [7, 11) is 0. The van der Waals surface area contributed by atoms with Gasteiger partial charge in [0.15, 0.2) is 5.76 Å². The average Bonchev–Trinajstić information content (AvgIpc) is 3.27. The number of pyridine rings is 1. The minimum Gasteiger partial charge on any atom is -0.451 e. The first-order valence-corrected chi connectivity index (χ1v) is 8.26. The van der Waals surface area contributed by atoms with E-state index in [-0.39, 0.29) is 11.9 Å². The maximum absolute atomic E-state index is 12.4. The third-order valence-electron chi connectivity index (χ3n) is 4.47. The van der Waals surface area contributed by atoms with Crippen LogP contribution in [0.3, 0.4) is 0 Å². The molecule has 1 unspecified atom stereocenters. The van der Waals surface area contributed by atoms with E-state index in [4.69, 9.17) is 4.42 Å². The Morgan fingerprint density at radius 3 is 2.96 bits per heavy atom. The summed E-state index contributed by atoms with van der Waals surface area (Å²) in [6.07, 6.45) is 3.97. The lowest BCUT2D eigenvalue weighted by Crippen LogP contribution is -2.40. The zero-order valence-corrected chi connectivity index (χ0v) is 13.3. The van der Waals surface area contributed by atoms with Gasteiger partial charge in [-0.2, -0.15) is 0 Å². The quantitative estimate of drug-likeness (QED) is 0.801. The van der Waals surface area contributed by atoms with Crippen LogP contribution in [-0.2, 0) is 0 Å². The lowest BCUT2D eigenvalue weighted by molar-refractivity contribution is 0.0926. The summed E-state index contributed by atoms with van der Waals surface area (Å²) in [6.45, 7) is 1.56. The van der Waals surface area contributed by atoms with Gasteiger partial charge in [-0.3, -0.25) is 4.79 Å². The molecule has 2 aromatic heterocycles. The second kappa shape index (κ2) is 6.35. The largest absolute Gasteiger partial charge is 0.451 e. The topological polar surface area (TPSA) is 58.4 Å². The van der Waals surface area contributed by atoms with E-state index >= 15 is 0 Å². The third-order valence-corrected chi connectivity index (χ3v) is 4.47. The molecule has 5 nitrogen and oxygen atoms in total. The Bertz CT molecular complexity index is 811. The van der Waals surface area contributed by atoms with Crippen LogP contribution in [-0.4, -0.2) is 30.0 Å². The second-order valence-corrected chi connectivity index (χ2v) is 6.04. The molecule has 1 atom stereocenters. The molecule has 4 rings (SSSR count). The summed E-state index contributed by atoms with van der Waals surface area (Å²) in [4.78, 5) is 19.1. The van der Waals surface area contributed by atoms with Crippen molar-refractivity contribution in [3.63, 3.8) is 0 Å². The minimum atomic E-state index is -0.168. The first kappa shape index (κ1) is 14.8. The number of para-hydroxylation sites is 1. The van der Waals surface area contributed by atoms with Crippen molar-refractivity contribution in [2.75, 3.05) is 18.0 Å². The fourth-order valence-electron chi connectivity index (χ4n) is 3.26. The summed E-state index contributed by atoms with van der Waals surface area (Å²) in [6, 6.07) is 15.6. The highest BCUT2D eigenvalue weighted by Crippen LogP contribution is 2.23. The van der Waals surface area contributed by atoms with Gasteiger partial charge in [0.05, 0.1) is 0 Å². The number of benzene rings is 1. The summed E-state index contributed by atoms with van der Waals surface area (Å²) >= 11 is 0. The van der Waals surface area contributed by atoms with Crippen molar-refractivity contribution in [2.45, 2.75) is 18.9 Å². The number of carbonyl (C=O) groups excluding carboxylic acids is 1. The molecule has 24 heavy (non-hydrogen) atoms. The number of furan rings is 1. The Labute approximate surface area is 140 Å². The number of amides is 1. The van der Waals surface area contributed by atoms with Crippen LogP contribution in [0.2, 0.25) is 0 Å². The van der Waals surface area contributed by atoms with Gasteiger partial charge in [-0.15, -0.1) is 0 Å². The van der Waals surface area contributed by atoms with Crippen molar-refractivity contribution in [3.8, 4) is 0 Å². The van der Waals surface area contributed by atoms with Crippen molar-refractivity contribution < 1.29 is 9.21 Å². The molecule has 1 saturated heterocycles. The van der Waals surface area contributed by atoms with Crippen molar-refractivity contribution in [1.82, 2.24) is 10.3 Å². The number of anilines is 1. The first-order chi connectivity index (χ1) is 11.8. The molecule has 3 aromatic rings. The molecule has 0 radical (unpaired) electrons. The number of hydrogen-bond acceptors (Lipinski definition) is 4. The van der Waals surface area contributed by atoms with E-state index in [0.717, 1.165) is 36.2 Å². The van der Waals surface area contributed by atoms with Crippen LogP contribution in [0.25, 0.3) is 11.0 Å². The SMILES string of the molecule is O=C(NCC1CCCN1c1ccccn1)c1cc2ccccc2o1. The molecule has 1 aromatic carbocycles. The summed E-state index contributed by atoms with van der Waals surface area (Å²) < 4.78 is 5.62. The van der Waals surface area contributed by atoms with E-state index in [0.29, 0.717) is 12.3 Å². The summed E-state index contributed by atoms with van der Waals surface area (Å²) in [5.41, 5.74) is 0.735. The maximum atomic E-state index is 12.4. The van der Waals surface area contributed by atoms with Crippen molar-refractivity contribution >= 4 is 22.7 Å². The number of aromatic nitrogens is 1. The van der Waals surface area contributed by atoms with Gasteiger partial charge in [-0.05, 0) is 37.1 Å². The van der Waals surface area contributed by atoms with E-state index in [1.54, 1.807) is 12.3 Å². The molecular weight excluding hydrogens is 302 g/mol. The fraction of sp³-hybridized carbons (Fsp3) is 0.263. The van der Waals surface area contributed by atoms with Crippen LogP contribution in [0.1, 0.15) is 23.4 Å². The first-order valence-electron chi connectivity index (χ1n) is 8.26. The molecule has 0 saturated carbocycles. The maximum Gasteiger partial charge on any atom is 0.287 e. The number of hydrogen-bond donors (Lipinski definition) is 1. The molecule has 1 amide bonds. The van der Waals surface area contributed by atoms with Crippen LogP contribution in [0.5, 0.6) is 0 Å². The van der Waals surface area contributed by atoms with Gasteiger partial charge >= 0.3 is 0 Å². The van der Waals surface area contributed by atoms with Gasteiger partial charge in [0.2, 0.25) is 0 Å². The number of carbonyl (C=O) groups is 1. The molecule has 1 fully saturated rings. The molecule has 1 aliphatic rings. The Morgan fingerprint density at radius 1 is 1.25 bits per heavy atom. The lowest BCUT2D eigenvalue weighted by atomic mass is 10.2. The van der Waals surface area contributed by atoms with Gasteiger partial charge in [0.25, 0.3) is 5.91 Å². The van der Waals surface area contributed by atoms with Gasteiger partial charge in [-0.25, -0.2) is 4.98 Å². The van der Waals surface area contributed by atoms with Gasteiger partial charge < -0.3 is 14.6 Å². The summed E-state index contributed by atoms with van der Waals surface area (Å²) in [5.74, 6) is 1.16. The molecule has 1 aliphatic heterocycles. The normalized spacial score (nSPS) is 17.3. The van der Waals surface area contributed by atoms with E-state index in [9.17, 15) is 4.79 Å². The standard InChI is InChI=1S/C19H19N3O2/c23-19(17-12-14-6-1-2-8-16(14)24-17)21-13-15-7-5-11-22(15)18-9-3-4-10-20-18/h1-4,6,8-10,12,15H,5,7,11,13H2,(H,21,23). The van der Waals surface area contributed by atoms with E-state index in [2.05, 4.69) is 15.2 Å². The predicted molar refractivity (Wildman–Crippen MR) is 93.2 cm³/mol. The number of fused-ring (bicyclic) bond motifs is 1. The average molecular weight is 321 g/mol. The minimum absolute atomic E-state index is 0.168. The lowest BCUT2D eigenvalue weighted by Gasteiger charge is -2.25. The van der Waals surface area contributed by atoms with Crippen molar-refractivity contribution in [1.29, 1.82) is 0 Å². The molecule has 0 spiro atoms. The number of rotatable bonds is 4. The fourth-order valence-corrected chi connectivity index (χ4v) is 3.26. The Hall–Kier alpha value is -2.82. The molecular formula is C19H19N3O2. The van der Waals surface area contributed by atoms with Crippen LogP contribution in [0.15, 0.2) is 59.1 Å². The Morgan fingerprint density at radius 2 is 2.12 bits per heavy atom. The highest BCUT2D eigenvalue weighted by Gasteiger charge is 2.26. The van der Waals surface area contributed by atoms with E-state index in [1.807, 2.05) is 42.5 Å². The highest BCUT2D eigenvalue weighted by atomic mass is 16.3. The van der Waals surface area contributed by atoms with Gasteiger partial charge in [0, 0.05) is 30.7 Å². The number of nitrogens with zero attached hydrogens (tertiary/aromatic N) is 2. The van der Waals surface area contributed by atoms with E-state index in [1.165, 1.54) is 0 Å². The molecule has 0 bridgehead atoms.